The average molecular weight is 551 g/mol. The van der Waals surface area contributed by atoms with Gasteiger partial charge in [-0.3, -0.25) is 9.59 Å². The SMILES string of the molecule is COc1cc2c(cc1C(=O)N1CCC(CC3=CC=CCC3C)CC1)C(C(=O)N([O-])NCCN1CCCC1)C(C)N2. The van der Waals surface area contributed by atoms with E-state index in [9.17, 15) is 14.8 Å². The number of carbonyl (C=O) groups is 2. The van der Waals surface area contributed by atoms with Gasteiger partial charge in [0.05, 0.1) is 18.6 Å². The summed E-state index contributed by atoms with van der Waals surface area (Å²) >= 11 is 0. The van der Waals surface area contributed by atoms with Crippen LogP contribution in [-0.2, 0) is 4.79 Å². The van der Waals surface area contributed by atoms with Crippen molar-refractivity contribution in [2.45, 2.75) is 64.3 Å². The molecule has 2 saturated heterocycles. The molecule has 2 fully saturated rings. The van der Waals surface area contributed by atoms with Crippen molar-refractivity contribution in [1.82, 2.24) is 20.4 Å². The molecule has 0 bridgehead atoms. The third-order valence-electron chi connectivity index (χ3n) is 9.16. The molecule has 0 aromatic heterocycles. The van der Waals surface area contributed by atoms with E-state index in [4.69, 9.17) is 4.74 Å². The number of carbonyl (C=O) groups excluding carboxylic acids is 2. The first-order chi connectivity index (χ1) is 19.4. The standard InChI is InChI=1S/C31H44N5O4/c1-21-8-4-5-9-24(21)18-23-10-15-35(16-11-23)30(37)26-19-25-27(20-28(26)40-3)33-22(2)29(25)31(38)36(39)32-12-17-34-13-6-7-14-34/h4-5,9,19-23,29,32-33H,6-8,10-18H2,1-3H3/q-1. The predicted molar refractivity (Wildman–Crippen MR) is 157 cm³/mol. The average Bonchev–Trinajstić information content (AvgIpc) is 3.59. The van der Waals surface area contributed by atoms with E-state index in [2.05, 4.69) is 40.8 Å². The fourth-order valence-electron chi connectivity index (χ4n) is 6.68. The lowest BCUT2D eigenvalue weighted by atomic mass is 9.83. The van der Waals surface area contributed by atoms with Crippen molar-refractivity contribution >= 4 is 17.5 Å². The van der Waals surface area contributed by atoms with Crippen LogP contribution in [0, 0.1) is 17.0 Å². The van der Waals surface area contributed by atoms with Gasteiger partial charge in [0.25, 0.3) is 5.91 Å². The third kappa shape index (κ3) is 6.21. The molecule has 3 heterocycles. The van der Waals surface area contributed by atoms with Crippen LogP contribution in [0.1, 0.15) is 74.2 Å². The molecule has 3 aliphatic heterocycles. The second kappa shape index (κ2) is 12.7. The number of rotatable bonds is 9. The van der Waals surface area contributed by atoms with Crippen LogP contribution in [0.2, 0.25) is 0 Å². The highest BCUT2D eigenvalue weighted by molar-refractivity contribution is 5.99. The second-order valence-electron chi connectivity index (χ2n) is 11.9. The Balaban J connectivity index is 1.24. The van der Waals surface area contributed by atoms with Gasteiger partial charge in [-0.15, -0.1) is 0 Å². The number of nitrogens with zero attached hydrogens (tertiary/aromatic N) is 3. The van der Waals surface area contributed by atoms with Crippen LogP contribution in [0.5, 0.6) is 5.75 Å². The van der Waals surface area contributed by atoms with Crippen molar-refractivity contribution in [2.75, 3.05) is 51.7 Å². The number of likely N-dealkylation sites (tertiary alicyclic amines) is 2. The first kappa shape index (κ1) is 28.6. The summed E-state index contributed by atoms with van der Waals surface area (Å²) in [6.45, 7) is 8.82. The third-order valence-corrected chi connectivity index (χ3v) is 9.16. The van der Waals surface area contributed by atoms with E-state index in [1.807, 2.05) is 11.8 Å². The van der Waals surface area contributed by atoms with E-state index >= 15 is 0 Å². The number of hydrazine groups is 1. The van der Waals surface area contributed by atoms with Crippen LogP contribution < -0.4 is 15.5 Å². The van der Waals surface area contributed by atoms with E-state index in [1.165, 1.54) is 18.4 Å². The van der Waals surface area contributed by atoms with Crippen LogP contribution >= 0.6 is 0 Å². The Bertz CT molecular complexity index is 1140. The predicted octanol–water partition coefficient (Wildman–Crippen LogP) is 4.28. The molecule has 5 rings (SSSR count). The number of ether oxygens (including phenoxy) is 1. The molecule has 0 saturated carbocycles. The molecular weight excluding hydrogens is 506 g/mol. The molecule has 218 valence electrons. The van der Waals surface area contributed by atoms with Gasteiger partial charge >= 0.3 is 0 Å². The Labute approximate surface area is 238 Å². The molecule has 4 aliphatic rings. The van der Waals surface area contributed by atoms with Crippen molar-refractivity contribution in [2.24, 2.45) is 11.8 Å². The molecule has 3 unspecified atom stereocenters. The van der Waals surface area contributed by atoms with Gasteiger partial charge < -0.3 is 30.2 Å². The zero-order valence-corrected chi connectivity index (χ0v) is 24.2. The lowest BCUT2D eigenvalue weighted by molar-refractivity contribution is -0.133. The fraction of sp³-hybridized carbons (Fsp3) is 0.613. The molecule has 9 nitrogen and oxygen atoms in total. The van der Waals surface area contributed by atoms with Gasteiger partial charge in [-0.1, -0.05) is 30.7 Å². The summed E-state index contributed by atoms with van der Waals surface area (Å²) in [5, 5.41) is 16.4. The molecule has 2 amide bonds. The second-order valence-corrected chi connectivity index (χ2v) is 11.9. The Morgan fingerprint density at radius 1 is 1.15 bits per heavy atom. The van der Waals surface area contributed by atoms with E-state index in [0.29, 0.717) is 53.5 Å². The summed E-state index contributed by atoms with van der Waals surface area (Å²) < 4.78 is 5.62. The first-order valence-electron chi connectivity index (χ1n) is 15.0. The van der Waals surface area contributed by atoms with Crippen LogP contribution in [0.15, 0.2) is 35.9 Å². The van der Waals surface area contributed by atoms with Crippen LogP contribution in [0.25, 0.3) is 0 Å². The molecular formula is C31H44N5O4-. The molecule has 0 spiro atoms. The fourth-order valence-corrected chi connectivity index (χ4v) is 6.68. The Kier molecular flexibility index (Phi) is 9.13. The molecule has 1 aliphatic carbocycles. The number of methoxy groups -OCH3 is 1. The Hall–Kier alpha value is -2.88. The van der Waals surface area contributed by atoms with Crippen LogP contribution in [-0.4, -0.2) is 79.2 Å². The van der Waals surface area contributed by atoms with Crippen LogP contribution in [0.4, 0.5) is 5.69 Å². The lowest BCUT2D eigenvalue weighted by Crippen LogP contribution is -2.45. The van der Waals surface area contributed by atoms with E-state index < -0.39 is 11.8 Å². The topological polar surface area (TPSA) is 100 Å². The molecule has 3 atom stereocenters. The Morgan fingerprint density at radius 3 is 2.60 bits per heavy atom. The number of allylic oxidation sites excluding steroid dienone is 4. The summed E-state index contributed by atoms with van der Waals surface area (Å²) in [6.07, 6.45) is 13.2. The summed E-state index contributed by atoms with van der Waals surface area (Å²) in [5.41, 5.74) is 6.10. The van der Waals surface area contributed by atoms with E-state index in [-0.39, 0.29) is 11.9 Å². The molecule has 1 aromatic carbocycles. The normalized spacial score (nSPS) is 24.9. The maximum atomic E-state index is 13.7. The summed E-state index contributed by atoms with van der Waals surface area (Å²) in [7, 11) is 1.56. The maximum Gasteiger partial charge on any atom is 0.257 e. The highest BCUT2D eigenvalue weighted by atomic mass is 16.6. The minimum Gasteiger partial charge on any atom is -0.741 e. The summed E-state index contributed by atoms with van der Waals surface area (Å²) in [5.74, 6) is 0.339. The number of hydrogen-bond acceptors (Lipinski definition) is 7. The van der Waals surface area contributed by atoms with Crippen molar-refractivity contribution in [3.05, 3.63) is 52.3 Å². The van der Waals surface area contributed by atoms with Gasteiger partial charge in [0.2, 0.25) is 5.91 Å². The molecule has 2 N–H and O–H groups in total. The van der Waals surface area contributed by atoms with Crippen molar-refractivity contribution in [1.29, 1.82) is 0 Å². The number of fused-ring (bicyclic) bond motifs is 1. The zero-order valence-electron chi connectivity index (χ0n) is 24.2. The van der Waals surface area contributed by atoms with Gasteiger partial charge in [-0.05, 0) is 82.0 Å². The number of anilines is 1. The minimum atomic E-state index is -0.685. The smallest absolute Gasteiger partial charge is 0.257 e. The number of hydroxylamine groups is 1. The minimum absolute atomic E-state index is 0.0836. The quantitative estimate of drug-likeness (QED) is 0.443. The first-order valence-corrected chi connectivity index (χ1v) is 15.0. The van der Waals surface area contributed by atoms with Crippen molar-refractivity contribution in [3.63, 3.8) is 0 Å². The molecule has 40 heavy (non-hydrogen) atoms. The summed E-state index contributed by atoms with van der Waals surface area (Å²) in [4.78, 5) is 31.2. The van der Waals surface area contributed by atoms with Crippen molar-refractivity contribution < 1.29 is 14.3 Å². The van der Waals surface area contributed by atoms with Crippen molar-refractivity contribution in [3.8, 4) is 5.75 Å². The zero-order chi connectivity index (χ0) is 28.2. The number of amides is 2. The monoisotopic (exact) mass is 550 g/mol. The molecule has 1 aromatic rings. The van der Waals surface area contributed by atoms with E-state index in [0.717, 1.165) is 51.0 Å². The highest BCUT2D eigenvalue weighted by Crippen LogP contribution is 2.41. The number of hydrogen-bond donors (Lipinski definition) is 2. The van der Waals surface area contributed by atoms with E-state index in [1.54, 1.807) is 19.2 Å². The van der Waals surface area contributed by atoms with Gasteiger partial charge in [0.1, 0.15) is 5.75 Å². The number of benzene rings is 1. The van der Waals surface area contributed by atoms with Crippen LogP contribution in [0.3, 0.4) is 0 Å². The number of piperidine rings is 1. The Morgan fingerprint density at radius 2 is 1.90 bits per heavy atom. The summed E-state index contributed by atoms with van der Waals surface area (Å²) in [6, 6.07) is 3.27. The van der Waals surface area contributed by atoms with Gasteiger partial charge in [0.15, 0.2) is 0 Å². The van der Waals surface area contributed by atoms with Gasteiger partial charge in [-0.25, -0.2) is 5.43 Å². The maximum absolute atomic E-state index is 13.7. The number of nitrogens with one attached hydrogen (secondary N) is 2. The molecule has 9 heteroatoms. The molecule has 0 radical (unpaired) electrons. The van der Waals surface area contributed by atoms with Gasteiger partial charge in [-0.2, -0.15) is 0 Å². The lowest BCUT2D eigenvalue weighted by Gasteiger charge is -2.34. The largest absolute Gasteiger partial charge is 0.741 e. The highest BCUT2D eigenvalue weighted by Gasteiger charge is 2.38. The van der Waals surface area contributed by atoms with Gasteiger partial charge in [0, 0.05) is 44.0 Å².